The van der Waals surface area contributed by atoms with E-state index in [0.717, 1.165) is 44.3 Å². The molecule has 4 heteroatoms. The second kappa shape index (κ2) is 8.41. The molecule has 0 aliphatic carbocycles. The minimum atomic E-state index is 0.0255. The van der Waals surface area contributed by atoms with E-state index in [1.54, 1.807) is 19.1 Å². The van der Waals surface area contributed by atoms with Gasteiger partial charge in [0.25, 0.3) is 0 Å². The molecule has 2 rings (SSSR count). The van der Waals surface area contributed by atoms with E-state index in [2.05, 4.69) is 26.8 Å². The van der Waals surface area contributed by atoms with Crippen LogP contribution in [0.15, 0.2) is 23.8 Å². The largest absolute Gasteiger partial charge is 0.507 e. The number of hydrogen-bond acceptors (Lipinski definition) is 3. The van der Waals surface area contributed by atoms with Gasteiger partial charge in [-0.15, -0.1) is 0 Å². The van der Waals surface area contributed by atoms with Crippen LogP contribution in [-0.4, -0.2) is 34.1 Å². The quantitative estimate of drug-likeness (QED) is 0.722. The molecule has 25 heavy (non-hydrogen) atoms. The molecule has 1 saturated heterocycles. The lowest BCUT2D eigenvalue weighted by molar-refractivity contribution is -0.134. The second-order valence-electron chi connectivity index (χ2n) is 7.32. The summed E-state index contributed by atoms with van der Waals surface area (Å²) in [6.45, 7) is 9.42. The van der Waals surface area contributed by atoms with E-state index < -0.39 is 0 Å². The maximum Gasteiger partial charge on any atom is 0.219 e. The highest BCUT2D eigenvalue weighted by molar-refractivity contribution is 5.74. The predicted molar refractivity (Wildman–Crippen MR) is 101 cm³/mol. The van der Waals surface area contributed by atoms with Gasteiger partial charge in [0, 0.05) is 31.5 Å². The predicted octanol–water partition coefficient (Wildman–Crippen LogP) is 4.36. The summed E-state index contributed by atoms with van der Waals surface area (Å²) in [7, 11) is 0. The summed E-state index contributed by atoms with van der Waals surface area (Å²) in [6, 6.07) is 3.55. The Morgan fingerprint density at radius 3 is 2.32 bits per heavy atom. The molecule has 138 valence electrons. The van der Waals surface area contributed by atoms with Gasteiger partial charge < -0.3 is 15.1 Å². The van der Waals surface area contributed by atoms with Gasteiger partial charge in [-0.05, 0) is 49.8 Å². The minimum absolute atomic E-state index is 0.0255. The normalized spacial score (nSPS) is 16.6. The van der Waals surface area contributed by atoms with Crippen molar-refractivity contribution in [2.24, 2.45) is 5.92 Å². The summed E-state index contributed by atoms with van der Waals surface area (Å²) < 4.78 is 0. The molecule has 1 aliphatic heterocycles. The smallest absolute Gasteiger partial charge is 0.219 e. The zero-order valence-electron chi connectivity index (χ0n) is 15.9. The molecule has 0 saturated carbocycles. The minimum Gasteiger partial charge on any atom is -0.507 e. The van der Waals surface area contributed by atoms with E-state index in [4.69, 9.17) is 0 Å². The van der Waals surface area contributed by atoms with Gasteiger partial charge in [0.05, 0.1) is 0 Å². The number of benzene rings is 1. The molecule has 0 aromatic heterocycles. The van der Waals surface area contributed by atoms with Crippen molar-refractivity contribution in [3.8, 4) is 11.5 Å². The fourth-order valence-electron chi connectivity index (χ4n) is 3.69. The lowest BCUT2D eigenvalue weighted by Crippen LogP contribution is -2.49. The number of hydrogen-bond donors (Lipinski definition) is 2. The van der Waals surface area contributed by atoms with Gasteiger partial charge in [-0.2, -0.15) is 0 Å². The third-order valence-corrected chi connectivity index (χ3v) is 5.06. The number of nitrogens with zero attached hydrogens (tertiary/aromatic N) is 1. The lowest BCUT2D eigenvalue weighted by Gasteiger charge is -2.38. The van der Waals surface area contributed by atoms with Crippen molar-refractivity contribution < 1.29 is 15.0 Å². The molecular formula is C21H31NO3. The standard InChI is InChI=1S/C21H31NO3/c1-5-7-14(3)8-18(6-2)21-19(24)10-16(11-20(21)25)9-17-12-22(13-17)15(4)23/h8,10-11,17-18,24-25H,5-7,9,12-13H2,1-4H3/b14-8-. The monoisotopic (exact) mass is 345 g/mol. The summed E-state index contributed by atoms with van der Waals surface area (Å²) in [5.74, 6) is 0.882. The molecule has 2 N–H and O–H groups in total. The number of aromatic hydroxyl groups is 2. The molecule has 1 aromatic rings. The highest BCUT2D eigenvalue weighted by atomic mass is 16.3. The van der Waals surface area contributed by atoms with E-state index in [-0.39, 0.29) is 23.3 Å². The van der Waals surface area contributed by atoms with E-state index in [1.807, 2.05) is 4.90 Å². The maximum atomic E-state index is 11.3. The van der Waals surface area contributed by atoms with Gasteiger partial charge in [0.2, 0.25) is 5.91 Å². The van der Waals surface area contributed by atoms with E-state index in [0.29, 0.717) is 11.5 Å². The van der Waals surface area contributed by atoms with Gasteiger partial charge in [-0.25, -0.2) is 0 Å². The third-order valence-electron chi connectivity index (χ3n) is 5.06. The van der Waals surface area contributed by atoms with Crippen molar-refractivity contribution in [1.82, 2.24) is 4.90 Å². The summed E-state index contributed by atoms with van der Waals surface area (Å²) in [6.07, 6.45) is 5.89. The summed E-state index contributed by atoms with van der Waals surface area (Å²) in [5.41, 5.74) is 2.84. The Morgan fingerprint density at radius 2 is 1.84 bits per heavy atom. The fourth-order valence-corrected chi connectivity index (χ4v) is 3.69. The van der Waals surface area contributed by atoms with Crippen LogP contribution in [0.25, 0.3) is 0 Å². The number of phenolic OH excluding ortho intramolecular Hbond substituents is 2. The molecule has 1 unspecified atom stereocenters. The van der Waals surface area contributed by atoms with Crippen LogP contribution in [0.2, 0.25) is 0 Å². The van der Waals surface area contributed by atoms with Crippen molar-refractivity contribution in [2.75, 3.05) is 13.1 Å². The van der Waals surface area contributed by atoms with Gasteiger partial charge in [0.15, 0.2) is 0 Å². The van der Waals surface area contributed by atoms with Crippen molar-refractivity contribution >= 4 is 5.91 Å². The number of phenols is 2. The highest BCUT2D eigenvalue weighted by Gasteiger charge is 2.29. The summed E-state index contributed by atoms with van der Waals surface area (Å²) >= 11 is 0. The number of carbonyl (C=O) groups is 1. The molecule has 1 aliphatic rings. The molecule has 0 bridgehead atoms. The zero-order chi connectivity index (χ0) is 18.6. The van der Waals surface area contributed by atoms with Crippen LogP contribution in [0.1, 0.15) is 64.0 Å². The molecule has 1 aromatic carbocycles. The highest BCUT2D eigenvalue weighted by Crippen LogP contribution is 2.39. The summed E-state index contributed by atoms with van der Waals surface area (Å²) in [4.78, 5) is 13.1. The summed E-state index contributed by atoms with van der Waals surface area (Å²) in [5, 5.41) is 21.0. The first-order valence-corrected chi connectivity index (χ1v) is 9.33. The Kier molecular flexibility index (Phi) is 6.51. The Hall–Kier alpha value is -1.97. The molecule has 1 fully saturated rings. The Labute approximate surface area is 151 Å². The van der Waals surface area contributed by atoms with Gasteiger partial charge in [-0.3, -0.25) is 4.79 Å². The van der Waals surface area contributed by atoms with Crippen molar-refractivity contribution in [3.05, 3.63) is 34.9 Å². The van der Waals surface area contributed by atoms with Crippen LogP contribution in [0.5, 0.6) is 11.5 Å². The molecule has 1 heterocycles. The van der Waals surface area contributed by atoms with Crippen LogP contribution in [0, 0.1) is 5.92 Å². The van der Waals surface area contributed by atoms with Crippen molar-refractivity contribution in [2.45, 2.75) is 59.3 Å². The van der Waals surface area contributed by atoms with E-state index in [1.165, 1.54) is 5.57 Å². The molecule has 4 nitrogen and oxygen atoms in total. The molecule has 0 radical (unpaired) electrons. The van der Waals surface area contributed by atoms with Crippen LogP contribution in [0.4, 0.5) is 0 Å². The molecular weight excluding hydrogens is 314 g/mol. The first-order chi connectivity index (χ1) is 11.8. The van der Waals surface area contributed by atoms with Gasteiger partial charge in [0.1, 0.15) is 11.5 Å². The average Bonchev–Trinajstić information content (AvgIpc) is 2.48. The Balaban J connectivity index is 2.14. The fraction of sp³-hybridized carbons (Fsp3) is 0.571. The van der Waals surface area contributed by atoms with E-state index >= 15 is 0 Å². The van der Waals surface area contributed by atoms with E-state index in [9.17, 15) is 15.0 Å². The second-order valence-corrected chi connectivity index (χ2v) is 7.32. The zero-order valence-corrected chi connectivity index (χ0v) is 15.9. The average molecular weight is 345 g/mol. The Morgan fingerprint density at radius 1 is 1.24 bits per heavy atom. The number of amides is 1. The first kappa shape index (κ1) is 19.4. The van der Waals surface area contributed by atoms with Gasteiger partial charge in [-0.1, -0.05) is 31.9 Å². The molecule has 1 atom stereocenters. The number of carbonyl (C=O) groups excluding carboxylic acids is 1. The Bertz CT molecular complexity index is 622. The van der Waals surface area contributed by atoms with Crippen LogP contribution in [-0.2, 0) is 11.2 Å². The third kappa shape index (κ3) is 4.77. The SMILES string of the molecule is CCC/C(C)=C\C(CC)c1c(O)cc(CC2CN(C(C)=O)C2)cc1O. The maximum absolute atomic E-state index is 11.3. The number of likely N-dealkylation sites (tertiary alicyclic amines) is 1. The first-order valence-electron chi connectivity index (χ1n) is 9.33. The van der Waals surface area contributed by atoms with Crippen molar-refractivity contribution in [3.63, 3.8) is 0 Å². The number of allylic oxidation sites excluding steroid dienone is 2. The van der Waals surface area contributed by atoms with Crippen LogP contribution < -0.4 is 0 Å². The lowest BCUT2D eigenvalue weighted by atomic mass is 9.88. The number of rotatable bonds is 7. The van der Waals surface area contributed by atoms with Crippen LogP contribution in [0.3, 0.4) is 0 Å². The molecule has 0 spiro atoms. The van der Waals surface area contributed by atoms with Gasteiger partial charge >= 0.3 is 0 Å². The van der Waals surface area contributed by atoms with Crippen molar-refractivity contribution in [1.29, 1.82) is 0 Å². The van der Waals surface area contributed by atoms with Crippen LogP contribution >= 0.6 is 0 Å². The molecule has 1 amide bonds. The topological polar surface area (TPSA) is 60.8 Å².